The van der Waals surface area contributed by atoms with Gasteiger partial charge in [-0.2, -0.15) is 0 Å². The fourth-order valence-electron chi connectivity index (χ4n) is 2.76. The predicted molar refractivity (Wildman–Crippen MR) is 73.0 cm³/mol. The first-order valence-electron chi connectivity index (χ1n) is 6.85. The van der Waals surface area contributed by atoms with E-state index in [-0.39, 0.29) is 11.9 Å². The van der Waals surface area contributed by atoms with Crippen LogP contribution in [0.25, 0.3) is 0 Å². The third kappa shape index (κ3) is 3.57. The average Bonchev–Trinajstić information content (AvgIpc) is 2.88. The number of hydrogen-bond donors (Lipinski definition) is 2. The molecule has 0 aliphatic heterocycles. The summed E-state index contributed by atoms with van der Waals surface area (Å²) >= 11 is 0. The summed E-state index contributed by atoms with van der Waals surface area (Å²) in [6, 6.07) is 9.34. The Hall–Kier alpha value is -1.35. The molecule has 0 bridgehead atoms. The van der Waals surface area contributed by atoms with Gasteiger partial charge in [0, 0.05) is 0 Å². The van der Waals surface area contributed by atoms with E-state index in [0.29, 0.717) is 0 Å². The summed E-state index contributed by atoms with van der Waals surface area (Å²) in [5.41, 5.74) is 6.42. The van der Waals surface area contributed by atoms with Gasteiger partial charge in [-0.05, 0) is 24.4 Å². The SMILES string of the molecule is NC(=O)[C@H](NCCC1CCCC1)c1ccccc1. The molecule has 3 heteroatoms. The highest BCUT2D eigenvalue weighted by atomic mass is 16.1. The summed E-state index contributed by atoms with van der Waals surface area (Å²) in [6.45, 7) is 0.868. The van der Waals surface area contributed by atoms with Crippen LogP contribution in [0.4, 0.5) is 0 Å². The van der Waals surface area contributed by atoms with Crippen LogP contribution in [-0.4, -0.2) is 12.5 Å². The lowest BCUT2D eigenvalue weighted by molar-refractivity contribution is -0.120. The van der Waals surface area contributed by atoms with Crippen molar-refractivity contribution in [2.45, 2.75) is 38.1 Å². The molecule has 0 radical (unpaired) electrons. The van der Waals surface area contributed by atoms with Gasteiger partial charge in [0.1, 0.15) is 6.04 Å². The Bertz CT molecular complexity index is 371. The van der Waals surface area contributed by atoms with E-state index < -0.39 is 0 Å². The van der Waals surface area contributed by atoms with Crippen molar-refractivity contribution in [2.75, 3.05) is 6.54 Å². The second-order valence-electron chi connectivity index (χ2n) is 5.14. The first kappa shape index (κ1) is 13.1. The number of benzene rings is 1. The van der Waals surface area contributed by atoms with Crippen molar-refractivity contribution in [1.82, 2.24) is 5.32 Å². The van der Waals surface area contributed by atoms with Crippen LogP contribution in [0.15, 0.2) is 30.3 Å². The van der Waals surface area contributed by atoms with Crippen molar-refractivity contribution in [1.29, 1.82) is 0 Å². The molecule has 98 valence electrons. The van der Waals surface area contributed by atoms with E-state index >= 15 is 0 Å². The van der Waals surface area contributed by atoms with E-state index in [1.807, 2.05) is 30.3 Å². The van der Waals surface area contributed by atoms with Crippen LogP contribution in [0.1, 0.15) is 43.7 Å². The number of amides is 1. The number of nitrogens with two attached hydrogens (primary N) is 1. The summed E-state index contributed by atoms with van der Waals surface area (Å²) < 4.78 is 0. The van der Waals surface area contributed by atoms with E-state index in [0.717, 1.165) is 24.4 Å². The Morgan fingerprint density at radius 1 is 1.28 bits per heavy atom. The Kier molecular flexibility index (Phi) is 4.76. The minimum Gasteiger partial charge on any atom is -0.368 e. The van der Waals surface area contributed by atoms with Crippen molar-refractivity contribution in [3.63, 3.8) is 0 Å². The Morgan fingerprint density at radius 2 is 1.94 bits per heavy atom. The van der Waals surface area contributed by atoms with Gasteiger partial charge in [-0.1, -0.05) is 56.0 Å². The van der Waals surface area contributed by atoms with Crippen molar-refractivity contribution >= 4 is 5.91 Å². The molecule has 1 amide bonds. The molecule has 2 rings (SSSR count). The fraction of sp³-hybridized carbons (Fsp3) is 0.533. The zero-order chi connectivity index (χ0) is 12.8. The number of hydrogen-bond acceptors (Lipinski definition) is 2. The predicted octanol–water partition coefficient (Wildman–Crippen LogP) is 2.38. The fourth-order valence-corrected chi connectivity index (χ4v) is 2.76. The number of carbonyl (C=O) groups is 1. The zero-order valence-corrected chi connectivity index (χ0v) is 10.8. The normalized spacial score (nSPS) is 17.8. The van der Waals surface area contributed by atoms with Crippen molar-refractivity contribution in [3.8, 4) is 0 Å². The maximum Gasteiger partial charge on any atom is 0.239 e. The number of carbonyl (C=O) groups excluding carboxylic acids is 1. The topological polar surface area (TPSA) is 55.1 Å². The molecule has 1 aromatic carbocycles. The minimum atomic E-state index is -0.354. The summed E-state index contributed by atoms with van der Waals surface area (Å²) in [5, 5.41) is 3.29. The molecule has 3 N–H and O–H groups in total. The lowest BCUT2D eigenvalue weighted by Crippen LogP contribution is -2.34. The first-order valence-corrected chi connectivity index (χ1v) is 6.85. The molecule has 0 aromatic heterocycles. The molecule has 18 heavy (non-hydrogen) atoms. The molecular weight excluding hydrogens is 224 g/mol. The highest BCUT2D eigenvalue weighted by Gasteiger charge is 2.18. The van der Waals surface area contributed by atoms with Gasteiger partial charge in [-0.15, -0.1) is 0 Å². The molecule has 0 saturated heterocycles. The molecule has 1 aliphatic carbocycles. The number of rotatable bonds is 6. The second kappa shape index (κ2) is 6.55. The van der Waals surface area contributed by atoms with Gasteiger partial charge in [0.2, 0.25) is 5.91 Å². The van der Waals surface area contributed by atoms with Crippen molar-refractivity contribution in [2.24, 2.45) is 11.7 Å². The standard InChI is InChI=1S/C15H22N2O/c16-15(18)14(13-8-2-1-3-9-13)17-11-10-12-6-4-5-7-12/h1-3,8-9,12,14,17H,4-7,10-11H2,(H2,16,18)/t14-/m1/s1. The van der Waals surface area contributed by atoms with Crippen LogP contribution in [0, 0.1) is 5.92 Å². The average molecular weight is 246 g/mol. The van der Waals surface area contributed by atoms with Gasteiger partial charge in [-0.25, -0.2) is 0 Å². The van der Waals surface area contributed by atoms with Gasteiger partial charge < -0.3 is 11.1 Å². The highest BCUT2D eigenvalue weighted by Crippen LogP contribution is 2.27. The Labute approximate surface area is 109 Å². The lowest BCUT2D eigenvalue weighted by Gasteiger charge is -2.17. The minimum absolute atomic E-state index is 0.298. The summed E-state index contributed by atoms with van der Waals surface area (Å²) in [7, 11) is 0. The molecule has 0 unspecified atom stereocenters. The Morgan fingerprint density at radius 3 is 2.56 bits per heavy atom. The first-order chi connectivity index (χ1) is 8.77. The van der Waals surface area contributed by atoms with E-state index in [2.05, 4.69) is 5.32 Å². The monoisotopic (exact) mass is 246 g/mol. The van der Waals surface area contributed by atoms with Crippen LogP contribution in [0.3, 0.4) is 0 Å². The summed E-state index contributed by atoms with van der Waals surface area (Å²) in [6.07, 6.45) is 6.56. The van der Waals surface area contributed by atoms with Crippen LogP contribution in [0.2, 0.25) is 0 Å². The lowest BCUT2D eigenvalue weighted by atomic mass is 10.0. The molecule has 1 saturated carbocycles. The van der Waals surface area contributed by atoms with Gasteiger partial charge in [0.25, 0.3) is 0 Å². The third-order valence-corrected chi connectivity index (χ3v) is 3.79. The van der Waals surface area contributed by atoms with Crippen LogP contribution >= 0.6 is 0 Å². The molecule has 0 heterocycles. The highest BCUT2D eigenvalue weighted by molar-refractivity contribution is 5.81. The maximum absolute atomic E-state index is 11.5. The maximum atomic E-state index is 11.5. The van der Waals surface area contributed by atoms with Crippen molar-refractivity contribution < 1.29 is 4.79 Å². The molecule has 1 aromatic rings. The van der Waals surface area contributed by atoms with E-state index in [1.54, 1.807) is 0 Å². The van der Waals surface area contributed by atoms with Gasteiger partial charge >= 0.3 is 0 Å². The van der Waals surface area contributed by atoms with Gasteiger partial charge in [-0.3, -0.25) is 4.79 Å². The summed E-state index contributed by atoms with van der Waals surface area (Å²) in [5.74, 6) is 0.537. The van der Waals surface area contributed by atoms with Gasteiger partial charge in [0.05, 0.1) is 0 Å². The Balaban J connectivity index is 1.85. The molecule has 0 spiro atoms. The molecule has 1 aliphatic rings. The van der Waals surface area contributed by atoms with Crippen LogP contribution in [0.5, 0.6) is 0 Å². The van der Waals surface area contributed by atoms with E-state index in [9.17, 15) is 4.79 Å². The van der Waals surface area contributed by atoms with Crippen LogP contribution in [-0.2, 0) is 4.79 Å². The number of nitrogens with one attached hydrogen (secondary N) is 1. The largest absolute Gasteiger partial charge is 0.368 e. The van der Waals surface area contributed by atoms with E-state index in [1.165, 1.54) is 25.7 Å². The second-order valence-corrected chi connectivity index (χ2v) is 5.14. The van der Waals surface area contributed by atoms with E-state index in [4.69, 9.17) is 5.73 Å². The molecular formula is C15H22N2O. The van der Waals surface area contributed by atoms with Crippen molar-refractivity contribution in [3.05, 3.63) is 35.9 Å². The third-order valence-electron chi connectivity index (χ3n) is 3.79. The molecule has 3 nitrogen and oxygen atoms in total. The molecule has 1 fully saturated rings. The molecule has 1 atom stereocenters. The van der Waals surface area contributed by atoms with Crippen LogP contribution < -0.4 is 11.1 Å². The zero-order valence-electron chi connectivity index (χ0n) is 10.8. The quantitative estimate of drug-likeness (QED) is 0.809. The van der Waals surface area contributed by atoms with Gasteiger partial charge in [0.15, 0.2) is 0 Å². The summed E-state index contributed by atoms with van der Waals surface area (Å²) in [4.78, 5) is 11.5. The smallest absolute Gasteiger partial charge is 0.239 e. The number of primary amides is 1.